The fraction of sp³-hybridized carbons (Fsp3) is 0.867. The Labute approximate surface area is 115 Å². The number of carbonyl (C=O) groups excluding carboxylic acids is 2. The number of amides is 2. The van der Waals surface area contributed by atoms with Crippen LogP contribution in [0.15, 0.2) is 0 Å². The fourth-order valence-electron chi connectivity index (χ4n) is 3.93. The van der Waals surface area contributed by atoms with Crippen molar-refractivity contribution in [1.82, 2.24) is 9.80 Å². The molecule has 0 bridgehead atoms. The Balaban J connectivity index is 1.86. The van der Waals surface area contributed by atoms with Gasteiger partial charge < -0.3 is 9.80 Å². The summed E-state index contributed by atoms with van der Waals surface area (Å²) in [5.74, 6) is 1.01. The fourth-order valence-corrected chi connectivity index (χ4v) is 3.93. The van der Waals surface area contributed by atoms with Gasteiger partial charge in [-0.1, -0.05) is 13.3 Å². The Hall–Kier alpha value is -1.06. The molecule has 19 heavy (non-hydrogen) atoms. The summed E-state index contributed by atoms with van der Waals surface area (Å²) in [6.45, 7) is 4.94. The third-order valence-electron chi connectivity index (χ3n) is 5.35. The van der Waals surface area contributed by atoms with Crippen molar-refractivity contribution in [2.75, 3.05) is 6.54 Å². The second kappa shape index (κ2) is 4.80. The van der Waals surface area contributed by atoms with Gasteiger partial charge in [-0.3, -0.25) is 9.59 Å². The minimum Gasteiger partial charge on any atom is -0.329 e. The highest BCUT2D eigenvalue weighted by atomic mass is 16.2. The van der Waals surface area contributed by atoms with E-state index < -0.39 is 0 Å². The smallest absolute Gasteiger partial charge is 0.246 e. The summed E-state index contributed by atoms with van der Waals surface area (Å²) in [7, 11) is 0. The summed E-state index contributed by atoms with van der Waals surface area (Å²) >= 11 is 0. The quantitative estimate of drug-likeness (QED) is 0.779. The summed E-state index contributed by atoms with van der Waals surface area (Å²) < 4.78 is 0. The largest absolute Gasteiger partial charge is 0.329 e. The van der Waals surface area contributed by atoms with Crippen molar-refractivity contribution < 1.29 is 9.59 Å². The summed E-state index contributed by atoms with van der Waals surface area (Å²) in [6, 6.07) is -0.131. The first-order chi connectivity index (χ1) is 9.15. The SMILES string of the molecule is CCC1C(=O)N2CCCC2C(=O)N1C(C)C1CCC1. The van der Waals surface area contributed by atoms with E-state index in [2.05, 4.69) is 6.92 Å². The molecule has 0 aromatic rings. The van der Waals surface area contributed by atoms with Gasteiger partial charge in [0.25, 0.3) is 0 Å². The van der Waals surface area contributed by atoms with E-state index in [1.54, 1.807) is 0 Å². The third kappa shape index (κ3) is 1.87. The molecule has 3 fully saturated rings. The van der Waals surface area contributed by atoms with E-state index in [0.717, 1.165) is 25.8 Å². The number of piperazine rings is 1. The molecule has 0 aromatic heterocycles. The molecule has 2 heterocycles. The molecular weight excluding hydrogens is 240 g/mol. The molecule has 2 aliphatic heterocycles. The molecule has 3 atom stereocenters. The average Bonchev–Trinajstić information content (AvgIpc) is 2.80. The third-order valence-corrected chi connectivity index (χ3v) is 5.35. The minimum atomic E-state index is -0.211. The molecule has 4 heteroatoms. The van der Waals surface area contributed by atoms with Crippen LogP contribution in [0.1, 0.15) is 52.4 Å². The highest BCUT2D eigenvalue weighted by Gasteiger charge is 2.49. The molecule has 4 nitrogen and oxygen atoms in total. The zero-order valence-electron chi connectivity index (χ0n) is 12.0. The van der Waals surface area contributed by atoms with E-state index >= 15 is 0 Å². The van der Waals surface area contributed by atoms with E-state index in [4.69, 9.17) is 0 Å². The van der Waals surface area contributed by atoms with Crippen LogP contribution >= 0.6 is 0 Å². The van der Waals surface area contributed by atoms with Crippen LogP contribution in [0, 0.1) is 5.92 Å². The van der Waals surface area contributed by atoms with Gasteiger partial charge in [-0.05, 0) is 44.9 Å². The molecule has 0 N–H and O–H groups in total. The van der Waals surface area contributed by atoms with E-state index in [-0.39, 0.29) is 29.9 Å². The van der Waals surface area contributed by atoms with Crippen molar-refractivity contribution >= 4 is 11.8 Å². The molecule has 1 aliphatic carbocycles. The van der Waals surface area contributed by atoms with Crippen molar-refractivity contribution in [3.8, 4) is 0 Å². The van der Waals surface area contributed by atoms with Crippen LogP contribution in [0.4, 0.5) is 0 Å². The summed E-state index contributed by atoms with van der Waals surface area (Å²) in [6.07, 6.45) is 6.27. The van der Waals surface area contributed by atoms with E-state index in [1.807, 2.05) is 16.7 Å². The standard InChI is InChI=1S/C15H24N2O2/c1-3-12-14(18)16-9-5-8-13(16)15(19)17(12)10(2)11-6-4-7-11/h10-13H,3-9H2,1-2H3. The van der Waals surface area contributed by atoms with E-state index in [0.29, 0.717) is 5.92 Å². The van der Waals surface area contributed by atoms with Crippen LogP contribution in [0.25, 0.3) is 0 Å². The molecule has 2 amide bonds. The maximum Gasteiger partial charge on any atom is 0.246 e. The number of carbonyl (C=O) groups is 2. The second-order valence-electron chi connectivity index (χ2n) is 6.29. The predicted molar refractivity (Wildman–Crippen MR) is 72.5 cm³/mol. The van der Waals surface area contributed by atoms with Crippen LogP contribution in [0.3, 0.4) is 0 Å². The van der Waals surface area contributed by atoms with Crippen LogP contribution < -0.4 is 0 Å². The molecule has 0 spiro atoms. The van der Waals surface area contributed by atoms with Crippen LogP contribution in [0.5, 0.6) is 0 Å². The molecule has 2 saturated heterocycles. The zero-order chi connectivity index (χ0) is 13.6. The van der Waals surface area contributed by atoms with E-state index in [9.17, 15) is 9.59 Å². The lowest BCUT2D eigenvalue weighted by Gasteiger charge is -2.48. The van der Waals surface area contributed by atoms with Gasteiger partial charge in [0.1, 0.15) is 12.1 Å². The van der Waals surface area contributed by atoms with Crippen molar-refractivity contribution in [3.63, 3.8) is 0 Å². The number of rotatable bonds is 3. The molecule has 1 saturated carbocycles. The predicted octanol–water partition coefficient (Wildman–Crippen LogP) is 1.79. The molecule has 0 aromatic carbocycles. The number of nitrogens with zero attached hydrogens (tertiary/aromatic N) is 2. The number of hydrogen-bond acceptors (Lipinski definition) is 2. The van der Waals surface area contributed by atoms with Crippen LogP contribution in [-0.4, -0.2) is 46.3 Å². The Kier molecular flexibility index (Phi) is 3.27. The van der Waals surface area contributed by atoms with Gasteiger partial charge in [-0.2, -0.15) is 0 Å². The first-order valence-electron chi connectivity index (χ1n) is 7.77. The molecule has 3 rings (SSSR count). The zero-order valence-corrected chi connectivity index (χ0v) is 12.0. The molecule has 3 unspecified atom stereocenters. The second-order valence-corrected chi connectivity index (χ2v) is 6.29. The van der Waals surface area contributed by atoms with Crippen molar-refractivity contribution in [2.24, 2.45) is 5.92 Å². The number of fused-ring (bicyclic) bond motifs is 1. The van der Waals surface area contributed by atoms with Gasteiger partial charge in [0.2, 0.25) is 11.8 Å². The first-order valence-corrected chi connectivity index (χ1v) is 7.77. The van der Waals surface area contributed by atoms with Gasteiger partial charge >= 0.3 is 0 Å². The highest BCUT2D eigenvalue weighted by molar-refractivity contribution is 5.97. The maximum absolute atomic E-state index is 12.7. The molecule has 0 radical (unpaired) electrons. The normalized spacial score (nSPS) is 33.4. The van der Waals surface area contributed by atoms with Gasteiger partial charge in [0.05, 0.1) is 0 Å². The first kappa shape index (κ1) is 12.9. The van der Waals surface area contributed by atoms with Gasteiger partial charge in [0.15, 0.2) is 0 Å². The molecular formula is C15H24N2O2. The Morgan fingerprint density at radius 2 is 1.89 bits per heavy atom. The Morgan fingerprint density at radius 3 is 2.47 bits per heavy atom. The summed E-state index contributed by atoms with van der Waals surface area (Å²) in [4.78, 5) is 29.1. The van der Waals surface area contributed by atoms with Crippen molar-refractivity contribution in [3.05, 3.63) is 0 Å². The lowest BCUT2D eigenvalue weighted by molar-refractivity contribution is -0.164. The monoisotopic (exact) mass is 264 g/mol. The lowest BCUT2D eigenvalue weighted by atomic mass is 9.78. The topological polar surface area (TPSA) is 40.6 Å². The molecule has 3 aliphatic rings. The van der Waals surface area contributed by atoms with Gasteiger partial charge in [-0.25, -0.2) is 0 Å². The summed E-state index contributed by atoms with van der Waals surface area (Å²) in [5, 5.41) is 0. The maximum atomic E-state index is 12.7. The van der Waals surface area contributed by atoms with E-state index in [1.165, 1.54) is 19.3 Å². The summed E-state index contributed by atoms with van der Waals surface area (Å²) in [5.41, 5.74) is 0. The Morgan fingerprint density at radius 1 is 1.16 bits per heavy atom. The average molecular weight is 264 g/mol. The number of hydrogen-bond donors (Lipinski definition) is 0. The minimum absolute atomic E-state index is 0.155. The van der Waals surface area contributed by atoms with Crippen LogP contribution in [-0.2, 0) is 9.59 Å². The van der Waals surface area contributed by atoms with Gasteiger partial charge in [0, 0.05) is 12.6 Å². The molecule has 106 valence electrons. The van der Waals surface area contributed by atoms with Gasteiger partial charge in [-0.15, -0.1) is 0 Å². The highest BCUT2D eigenvalue weighted by Crippen LogP contribution is 2.36. The lowest BCUT2D eigenvalue weighted by Crippen LogP contribution is -2.65. The van der Waals surface area contributed by atoms with Crippen molar-refractivity contribution in [1.29, 1.82) is 0 Å². The van der Waals surface area contributed by atoms with Crippen molar-refractivity contribution in [2.45, 2.75) is 70.5 Å². The van der Waals surface area contributed by atoms with Crippen LogP contribution in [0.2, 0.25) is 0 Å². The Bertz CT molecular complexity index is 392.